The van der Waals surface area contributed by atoms with Crippen molar-refractivity contribution in [3.8, 4) is 5.69 Å². The van der Waals surface area contributed by atoms with E-state index in [0.29, 0.717) is 21.8 Å². The maximum atomic E-state index is 14.0. The van der Waals surface area contributed by atoms with Gasteiger partial charge < -0.3 is 5.32 Å². The van der Waals surface area contributed by atoms with Crippen LogP contribution in [0.2, 0.25) is 0 Å². The van der Waals surface area contributed by atoms with Crippen LogP contribution in [-0.4, -0.2) is 37.7 Å². The number of thioether (sulfide) groups is 1. The average Bonchev–Trinajstić information content (AvgIpc) is 3.15. The van der Waals surface area contributed by atoms with E-state index in [1.165, 1.54) is 30.1 Å². The quantitative estimate of drug-likeness (QED) is 0.529. The molecule has 0 saturated carbocycles. The second-order valence-corrected chi connectivity index (χ2v) is 6.36. The number of anilines is 1. The highest BCUT2D eigenvalue weighted by molar-refractivity contribution is 8.00. The van der Waals surface area contributed by atoms with Crippen molar-refractivity contribution in [3.63, 3.8) is 0 Å². The number of amides is 1. The summed E-state index contributed by atoms with van der Waals surface area (Å²) < 4.78 is 15.4. The summed E-state index contributed by atoms with van der Waals surface area (Å²) in [6.45, 7) is 1.37. The molecular formula is C17H14FN5O2S. The summed E-state index contributed by atoms with van der Waals surface area (Å²) in [5.74, 6) is -0.971. The molecule has 3 aromatic rings. The van der Waals surface area contributed by atoms with Crippen molar-refractivity contribution >= 4 is 29.1 Å². The fourth-order valence-corrected chi connectivity index (χ4v) is 2.90. The number of ketones is 1. The van der Waals surface area contributed by atoms with Crippen LogP contribution in [0.3, 0.4) is 0 Å². The summed E-state index contributed by atoms with van der Waals surface area (Å²) in [5.41, 5.74) is 1.58. The van der Waals surface area contributed by atoms with E-state index in [0.717, 1.165) is 11.8 Å². The van der Waals surface area contributed by atoms with E-state index in [1.54, 1.807) is 30.3 Å². The predicted octanol–water partition coefficient (Wildman–Crippen LogP) is 2.73. The molecule has 1 aromatic heterocycles. The highest BCUT2D eigenvalue weighted by Crippen LogP contribution is 2.23. The second kappa shape index (κ2) is 7.87. The first-order valence-electron chi connectivity index (χ1n) is 7.59. The Morgan fingerprint density at radius 3 is 2.77 bits per heavy atom. The zero-order valence-corrected chi connectivity index (χ0v) is 14.5. The van der Waals surface area contributed by atoms with Gasteiger partial charge in [0.15, 0.2) is 5.78 Å². The molecule has 0 radical (unpaired) electrons. The number of benzene rings is 2. The van der Waals surface area contributed by atoms with E-state index >= 15 is 0 Å². The summed E-state index contributed by atoms with van der Waals surface area (Å²) in [6.07, 6.45) is 1.45. The lowest BCUT2D eigenvalue weighted by Crippen LogP contribution is -2.14. The Kier molecular flexibility index (Phi) is 5.37. The van der Waals surface area contributed by atoms with Crippen LogP contribution in [0.5, 0.6) is 0 Å². The Labute approximate surface area is 152 Å². The van der Waals surface area contributed by atoms with Gasteiger partial charge in [-0.15, -0.1) is 16.9 Å². The number of hydrogen-bond donors (Lipinski definition) is 1. The molecule has 7 nitrogen and oxygen atoms in total. The average molecular weight is 371 g/mol. The van der Waals surface area contributed by atoms with E-state index in [1.807, 2.05) is 0 Å². The van der Waals surface area contributed by atoms with Gasteiger partial charge in [-0.2, -0.15) is 0 Å². The monoisotopic (exact) mass is 371 g/mol. The zero-order valence-electron chi connectivity index (χ0n) is 13.7. The van der Waals surface area contributed by atoms with Gasteiger partial charge in [0, 0.05) is 16.1 Å². The van der Waals surface area contributed by atoms with Crippen LogP contribution in [0.15, 0.2) is 53.7 Å². The second-order valence-electron chi connectivity index (χ2n) is 5.34. The lowest BCUT2D eigenvalue weighted by Gasteiger charge is -2.08. The molecule has 2 aromatic carbocycles. The van der Waals surface area contributed by atoms with Crippen molar-refractivity contribution in [2.45, 2.75) is 11.8 Å². The molecule has 0 spiro atoms. The molecule has 0 saturated heterocycles. The molecule has 9 heteroatoms. The normalized spacial score (nSPS) is 10.5. The number of aromatic nitrogens is 4. The van der Waals surface area contributed by atoms with E-state index in [-0.39, 0.29) is 17.4 Å². The first-order chi connectivity index (χ1) is 12.5. The number of hydrogen-bond acceptors (Lipinski definition) is 6. The molecular weight excluding hydrogens is 357 g/mol. The van der Waals surface area contributed by atoms with E-state index < -0.39 is 5.82 Å². The lowest BCUT2D eigenvalue weighted by molar-refractivity contribution is -0.113. The van der Waals surface area contributed by atoms with E-state index in [2.05, 4.69) is 20.8 Å². The predicted molar refractivity (Wildman–Crippen MR) is 94.9 cm³/mol. The summed E-state index contributed by atoms with van der Waals surface area (Å²) in [7, 11) is 0. The van der Waals surface area contributed by atoms with Gasteiger partial charge in [0.25, 0.3) is 0 Å². The van der Waals surface area contributed by atoms with Crippen molar-refractivity contribution in [1.82, 2.24) is 20.2 Å². The van der Waals surface area contributed by atoms with Crippen LogP contribution in [0.4, 0.5) is 10.1 Å². The Bertz CT molecular complexity index is 946. The fraction of sp³-hybridized carbons (Fsp3) is 0.118. The maximum absolute atomic E-state index is 14.0. The first kappa shape index (κ1) is 17.7. The summed E-state index contributed by atoms with van der Waals surface area (Å²) >= 11 is 1.06. The molecule has 0 fully saturated rings. The number of Topliss-reactive ketones (excluding diaryl/α,β-unsaturated/α-hetero) is 1. The SMILES string of the molecule is CC(=O)c1ccc(SCC(=O)Nc2cccc(-n3cnnn3)c2)c(F)c1. The van der Waals surface area contributed by atoms with Gasteiger partial charge in [0.2, 0.25) is 5.91 Å². The minimum absolute atomic E-state index is 0.0332. The summed E-state index contributed by atoms with van der Waals surface area (Å²) in [6, 6.07) is 11.2. The molecule has 0 aliphatic heterocycles. The third-order valence-electron chi connectivity index (χ3n) is 3.44. The molecule has 1 N–H and O–H groups in total. The molecule has 0 bridgehead atoms. The Morgan fingerprint density at radius 2 is 2.08 bits per heavy atom. The molecule has 0 aliphatic carbocycles. The highest BCUT2D eigenvalue weighted by Gasteiger charge is 2.10. The van der Waals surface area contributed by atoms with Crippen LogP contribution >= 0.6 is 11.8 Å². The molecule has 3 rings (SSSR count). The molecule has 1 amide bonds. The van der Waals surface area contributed by atoms with Crippen molar-refractivity contribution < 1.29 is 14.0 Å². The highest BCUT2D eigenvalue weighted by atomic mass is 32.2. The van der Waals surface area contributed by atoms with Gasteiger partial charge in [-0.25, -0.2) is 9.07 Å². The van der Waals surface area contributed by atoms with Crippen molar-refractivity contribution in [3.05, 3.63) is 60.2 Å². The first-order valence-corrected chi connectivity index (χ1v) is 8.58. The fourth-order valence-electron chi connectivity index (χ4n) is 2.18. The summed E-state index contributed by atoms with van der Waals surface area (Å²) in [5, 5.41) is 13.7. The van der Waals surface area contributed by atoms with Crippen LogP contribution in [0, 0.1) is 5.82 Å². The van der Waals surface area contributed by atoms with Gasteiger partial charge >= 0.3 is 0 Å². The molecule has 0 aliphatic rings. The molecule has 0 unspecified atom stereocenters. The Hall–Kier alpha value is -3.07. The maximum Gasteiger partial charge on any atom is 0.234 e. The van der Waals surface area contributed by atoms with Crippen molar-refractivity contribution in [1.29, 1.82) is 0 Å². The van der Waals surface area contributed by atoms with Crippen LogP contribution in [-0.2, 0) is 4.79 Å². The van der Waals surface area contributed by atoms with E-state index in [9.17, 15) is 14.0 Å². The molecule has 0 atom stereocenters. The number of rotatable bonds is 6. The zero-order chi connectivity index (χ0) is 18.5. The molecule has 26 heavy (non-hydrogen) atoms. The smallest absolute Gasteiger partial charge is 0.234 e. The third-order valence-corrected chi connectivity index (χ3v) is 4.49. The minimum Gasteiger partial charge on any atom is -0.325 e. The van der Waals surface area contributed by atoms with Gasteiger partial charge in [0.05, 0.1) is 11.4 Å². The third kappa shape index (κ3) is 4.31. The number of halogens is 1. The minimum atomic E-state index is -0.517. The van der Waals surface area contributed by atoms with Crippen LogP contribution in [0.1, 0.15) is 17.3 Å². The molecule has 1 heterocycles. The topological polar surface area (TPSA) is 89.8 Å². The van der Waals surface area contributed by atoms with Gasteiger partial charge in [-0.05, 0) is 47.7 Å². The number of carbonyl (C=O) groups is 2. The Balaban J connectivity index is 1.61. The lowest BCUT2D eigenvalue weighted by atomic mass is 10.1. The Morgan fingerprint density at radius 1 is 1.23 bits per heavy atom. The van der Waals surface area contributed by atoms with Gasteiger partial charge in [-0.3, -0.25) is 9.59 Å². The van der Waals surface area contributed by atoms with Crippen LogP contribution < -0.4 is 5.32 Å². The van der Waals surface area contributed by atoms with E-state index in [4.69, 9.17) is 0 Å². The molecule has 132 valence electrons. The number of carbonyl (C=O) groups excluding carboxylic acids is 2. The van der Waals surface area contributed by atoms with Gasteiger partial charge in [0.1, 0.15) is 12.1 Å². The van der Waals surface area contributed by atoms with Crippen molar-refractivity contribution in [2.75, 3.05) is 11.1 Å². The van der Waals surface area contributed by atoms with Crippen LogP contribution in [0.25, 0.3) is 5.69 Å². The van der Waals surface area contributed by atoms with Crippen molar-refractivity contribution in [2.24, 2.45) is 0 Å². The standard InChI is InChI=1S/C17H14FN5O2S/c1-11(24)12-5-6-16(15(18)7-12)26-9-17(25)20-13-3-2-4-14(8-13)23-10-19-21-22-23/h2-8,10H,9H2,1H3,(H,20,25). The number of tetrazole rings is 1. The largest absolute Gasteiger partial charge is 0.325 e. The number of nitrogens with one attached hydrogen (secondary N) is 1. The number of nitrogens with zero attached hydrogens (tertiary/aromatic N) is 4. The summed E-state index contributed by atoms with van der Waals surface area (Å²) in [4.78, 5) is 23.7. The van der Waals surface area contributed by atoms with Gasteiger partial charge in [-0.1, -0.05) is 12.1 Å².